The van der Waals surface area contributed by atoms with Crippen molar-refractivity contribution in [3.8, 4) is 12.3 Å². The van der Waals surface area contributed by atoms with Gasteiger partial charge in [0.1, 0.15) is 5.69 Å². The maximum absolute atomic E-state index is 11.3. The second kappa shape index (κ2) is 4.11. The highest BCUT2D eigenvalue weighted by Crippen LogP contribution is 2.49. The Bertz CT molecular complexity index is 802. The molecule has 0 bridgehead atoms. The summed E-state index contributed by atoms with van der Waals surface area (Å²) in [6.07, 6.45) is 7.53. The molecule has 0 unspecified atom stereocenters. The number of rotatable bonds is 1. The number of fused-ring (bicyclic) bond motifs is 3. The van der Waals surface area contributed by atoms with Crippen LogP contribution in [0.2, 0.25) is 0 Å². The van der Waals surface area contributed by atoms with Gasteiger partial charge in [0.25, 0.3) is 0 Å². The summed E-state index contributed by atoms with van der Waals surface area (Å²) < 4.78 is 1.88. The predicted molar refractivity (Wildman–Crippen MR) is 83.1 cm³/mol. The van der Waals surface area contributed by atoms with E-state index in [1.165, 1.54) is 4.88 Å². The predicted octanol–water partition coefficient (Wildman–Crippen LogP) is 3.33. The minimum Gasteiger partial charge on any atom is -0.476 e. The number of nitrogens with zero attached hydrogens (tertiary/aromatic N) is 2. The second-order valence-corrected chi connectivity index (χ2v) is 8.13. The van der Waals surface area contributed by atoms with Crippen LogP contribution in [0.25, 0.3) is 4.96 Å². The van der Waals surface area contributed by atoms with Crippen molar-refractivity contribution in [3.05, 3.63) is 22.0 Å². The molecule has 21 heavy (non-hydrogen) atoms. The van der Waals surface area contributed by atoms with Crippen LogP contribution in [0.1, 0.15) is 60.9 Å². The number of carbonyl (C=O) groups is 1. The minimum atomic E-state index is -1.07. The highest BCUT2D eigenvalue weighted by molar-refractivity contribution is 7.17. The number of thiazole rings is 1. The lowest BCUT2D eigenvalue weighted by atomic mass is 9.67. The summed E-state index contributed by atoms with van der Waals surface area (Å²) in [6, 6.07) is 0. The molecule has 2 heterocycles. The van der Waals surface area contributed by atoms with Gasteiger partial charge in [-0.05, 0) is 24.2 Å². The maximum atomic E-state index is 11.3. The standard InChI is InChI=1S/C16H18N2O2S/c1-6-9-11(13(19)20)17-14-18(9)10-7-15(2,3)8-16(4,5)12(10)21-14/h1H,7-8H2,2-5H3,(H,19,20). The van der Waals surface area contributed by atoms with E-state index in [0.717, 1.165) is 18.5 Å². The molecule has 0 aliphatic heterocycles. The first kappa shape index (κ1) is 14.2. The molecule has 0 aromatic carbocycles. The molecule has 0 atom stereocenters. The molecule has 1 aliphatic carbocycles. The number of hydrogen-bond donors (Lipinski definition) is 1. The van der Waals surface area contributed by atoms with Crippen LogP contribution in [0.3, 0.4) is 0 Å². The zero-order chi connectivity index (χ0) is 15.6. The van der Waals surface area contributed by atoms with Gasteiger partial charge in [-0.2, -0.15) is 0 Å². The van der Waals surface area contributed by atoms with E-state index in [9.17, 15) is 9.90 Å². The van der Waals surface area contributed by atoms with Crippen LogP contribution in [-0.2, 0) is 11.8 Å². The summed E-state index contributed by atoms with van der Waals surface area (Å²) in [5.41, 5.74) is 1.68. The van der Waals surface area contributed by atoms with Gasteiger partial charge in [-0.1, -0.05) is 27.7 Å². The van der Waals surface area contributed by atoms with Crippen LogP contribution in [0, 0.1) is 17.8 Å². The number of hydrogen-bond acceptors (Lipinski definition) is 3. The molecule has 0 saturated heterocycles. The Labute approximate surface area is 127 Å². The van der Waals surface area contributed by atoms with Crippen molar-refractivity contribution in [3.63, 3.8) is 0 Å². The fourth-order valence-electron chi connectivity index (χ4n) is 3.73. The third kappa shape index (κ3) is 1.97. The topological polar surface area (TPSA) is 54.6 Å². The molecule has 0 spiro atoms. The Morgan fingerprint density at radius 3 is 2.67 bits per heavy atom. The van der Waals surface area contributed by atoms with Crippen molar-refractivity contribution >= 4 is 22.3 Å². The third-order valence-corrected chi connectivity index (χ3v) is 5.54. The normalized spacial score (nSPS) is 19.2. The Hall–Kier alpha value is -1.80. The van der Waals surface area contributed by atoms with E-state index in [1.54, 1.807) is 11.3 Å². The van der Waals surface area contributed by atoms with E-state index in [-0.39, 0.29) is 16.5 Å². The molecule has 0 amide bonds. The average molecular weight is 302 g/mol. The Kier molecular flexibility index (Phi) is 2.77. The van der Waals surface area contributed by atoms with Crippen LogP contribution in [0.5, 0.6) is 0 Å². The van der Waals surface area contributed by atoms with Crippen molar-refractivity contribution in [1.29, 1.82) is 0 Å². The van der Waals surface area contributed by atoms with Crippen molar-refractivity contribution in [1.82, 2.24) is 9.38 Å². The molecule has 2 aromatic heterocycles. The fourth-order valence-corrected chi connectivity index (χ4v) is 4.98. The van der Waals surface area contributed by atoms with Crippen molar-refractivity contribution < 1.29 is 9.90 Å². The van der Waals surface area contributed by atoms with Gasteiger partial charge in [-0.25, -0.2) is 9.78 Å². The zero-order valence-corrected chi connectivity index (χ0v) is 13.5. The molecule has 0 radical (unpaired) electrons. The van der Waals surface area contributed by atoms with Gasteiger partial charge < -0.3 is 5.11 Å². The third-order valence-electron chi connectivity index (χ3n) is 4.09. The van der Waals surface area contributed by atoms with E-state index >= 15 is 0 Å². The van der Waals surface area contributed by atoms with Gasteiger partial charge in [-0.15, -0.1) is 17.8 Å². The van der Waals surface area contributed by atoms with Crippen molar-refractivity contribution in [2.75, 3.05) is 0 Å². The SMILES string of the molecule is C#Cc1c(C(=O)O)nc2sc3c(n12)CC(C)(C)CC3(C)C. The first-order valence-corrected chi connectivity index (χ1v) is 7.72. The van der Waals surface area contributed by atoms with Crippen LogP contribution in [0.15, 0.2) is 0 Å². The van der Waals surface area contributed by atoms with E-state index in [4.69, 9.17) is 6.42 Å². The van der Waals surface area contributed by atoms with Gasteiger partial charge in [-0.3, -0.25) is 4.40 Å². The molecule has 5 heteroatoms. The number of carboxylic acids is 1. The van der Waals surface area contributed by atoms with Crippen LogP contribution < -0.4 is 0 Å². The number of terminal acetylenes is 1. The van der Waals surface area contributed by atoms with E-state index in [2.05, 4.69) is 38.6 Å². The van der Waals surface area contributed by atoms with E-state index in [1.807, 2.05) is 4.40 Å². The average Bonchev–Trinajstić information content (AvgIpc) is 2.83. The number of aromatic nitrogens is 2. The van der Waals surface area contributed by atoms with Crippen LogP contribution >= 0.6 is 11.3 Å². The quantitative estimate of drug-likeness (QED) is 0.822. The number of aromatic carboxylic acids is 1. The summed E-state index contributed by atoms with van der Waals surface area (Å²) >= 11 is 1.57. The molecule has 2 aromatic rings. The fraction of sp³-hybridized carbons (Fsp3) is 0.500. The summed E-state index contributed by atoms with van der Waals surface area (Å²) in [7, 11) is 0. The van der Waals surface area contributed by atoms with E-state index < -0.39 is 5.97 Å². The maximum Gasteiger partial charge on any atom is 0.357 e. The monoisotopic (exact) mass is 302 g/mol. The van der Waals surface area contributed by atoms with Crippen LogP contribution in [-0.4, -0.2) is 20.5 Å². The summed E-state index contributed by atoms with van der Waals surface area (Å²) in [6.45, 7) is 8.95. The summed E-state index contributed by atoms with van der Waals surface area (Å²) in [5, 5.41) is 9.26. The Balaban J connectivity index is 2.36. The summed E-state index contributed by atoms with van der Waals surface area (Å²) in [4.78, 5) is 17.5. The Morgan fingerprint density at radius 2 is 2.10 bits per heavy atom. The highest BCUT2D eigenvalue weighted by atomic mass is 32.1. The molecule has 110 valence electrons. The van der Waals surface area contributed by atoms with Gasteiger partial charge in [0.2, 0.25) is 0 Å². The van der Waals surface area contributed by atoms with Gasteiger partial charge in [0.05, 0.1) is 0 Å². The molecule has 1 aliphatic rings. The lowest BCUT2D eigenvalue weighted by Gasteiger charge is -2.40. The first-order valence-electron chi connectivity index (χ1n) is 6.91. The largest absolute Gasteiger partial charge is 0.476 e. The second-order valence-electron chi connectivity index (χ2n) is 7.16. The van der Waals surface area contributed by atoms with Crippen molar-refractivity contribution in [2.24, 2.45) is 5.41 Å². The summed E-state index contributed by atoms with van der Waals surface area (Å²) in [5.74, 6) is 1.45. The zero-order valence-electron chi connectivity index (χ0n) is 12.6. The lowest BCUT2D eigenvalue weighted by molar-refractivity contribution is 0.0691. The van der Waals surface area contributed by atoms with E-state index in [0.29, 0.717) is 10.7 Å². The Morgan fingerprint density at radius 1 is 1.43 bits per heavy atom. The van der Waals surface area contributed by atoms with Crippen molar-refractivity contribution in [2.45, 2.75) is 46.0 Å². The lowest BCUT2D eigenvalue weighted by Crippen LogP contribution is -2.34. The van der Waals surface area contributed by atoms with Gasteiger partial charge in [0.15, 0.2) is 10.7 Å². The number of imidazole rings is 1. The molecular formula is C16H18N2O2S. The highest BCUT2D eigenvalue weighted by Gasteiger charge is 2.41. The molecule has 3 rings (SSSR count). The molecule has 1 N–H and O–H groups in total. The molecular weight excluding hydrogens is 284 g/mol. The smallest absolute Gasteiger partial charge is 0.357 e. The molecule has 4 nitrogen and oxygen atoms in total. The molecule has 0 fully saturated rings. The van der Waals surface area contributed by atoms with Gasteiger partial charge >= 0.3 is 5.97 Å². The first-order chi connectivity index (χ1) is 9.66. The number of carboxylic acid groups (broad SMARTS) is 1. The molecule has 0 saturated carbocycles. The minimum absolute atomic E-state index is 0.0206. The van der Waals surface area contributed by atoms with Crippen LogP contribution in [0.4, 0.5) is 0 Å². The van der Waals surface area contributed by atoms with Gasteiger partial charge in [0, 0.05) is 16.0 Å².